The number of hydrogen-bond acceptors (Lipinski definition) is 23. The van der Waals surface area contributed by atoms with Crippen LogP contribution in [-0.4, -0.2) is 158 Å². The lowest BCUT2D eigenvalue weighted by atomic mass is 10.1. The summed E-state index contributed by atoms with van der Waals surface area (Å²) in [5.74, 6) is -3.14. The topological polar surface area (TPSA) is 415 Å². The molecule has 2 aromatic rings. The molecule has 0 saturated carbocycles. The van der Waals surface area contributed by atoms with E-state index in [0.717, 1.165) is 18.0 Å². The van der Waals surface area contributed by atoms with E-state index in [2.05, 4.69) is 38.4 Å². The highest BCUT2D eigenvalue weighted by atomic mass is 31.3. The number of imidazole rings is 1. The van der Waals surface area contributed by atoms with Gasteiger partial charge in [-0.3, -0.25) is 23.4 Å². The maximum Gasteiger partial charge on any atom is 0.488 e. The lowest BCUT2D eigenvalue weighted by Crippen LogP contribution is -2.49. The molecule has 0 spiro atoms. The van der Waals surface area contributed by atoms with Crippen molar-refractivity contribution in [1.29, 1.82) is 0 Å². The fraction of sp³-hybridized carbons (Fsp3) is 0.636. The number of likely N-dealkylation sites (N-methyl/N-ethyl adjacent to an activating group) is 1. The first kappa shape index (κ1) is 39.6. The van der Waals surface area contributed by atoms with Gasteiger partial charge >= 0.3 is 23.2 Å². The zero-order chi connectivity index (χ0) is 38.9. The van der Waals surface area contributed by atoms with Gasteiger partial charge in [0.15, 0.2) is 41.7 Å². The molecule has 7 unspecified atom stereocenters. The van der Waals surface area contributed by atoms with Crippen LogP contribution in [0.5, 0.6) is 0 Å². The summed E-state index contributed by atoms with van der Waals surface area (Å²) in [5.41, 5.74) is 10.4. The van der Waals surface area contributed by atoms with Crippen molar-refractivity contribution in [3.05, 3.63) is 28.2 Å². The third kappa shape index (κ3) is 7.48. The summed E-state index contributed by atoms with van der Waals surface area (Å²) >= 11 is 0. The number of anilines is 1. The first-order valence-electron chi connectivity index (χ1n) is 15.0. The molecule has 6 heterocycles. The minimum atomic E-state index is -6.11. The van der Waals surface area contributed by atoms with Crippen molar-refractivity contribution >= 4 is 46.3 Å². The number of ether oxygens (including phenoxy) is 3. The number of aliphatic hydroxyl groups excluding tert-OH is 5. The second-order valence-electron chi connectivity index (χ2n) is 11.9. The van der Waals surface area contributed by atoms with Crippen molar-refractivity contribution in [3.8, 4) is 0 Å². The number of aliphatic hydroxyl groups is 5. The molecular formula is C22H35N10O18P3. The maximum atomic E-state index is 13.1. The molecule has 4 aliphatic rings. The van der Waals surface area contributed by atoms with Crippen molar-refractivity contribution < 1.29 is 81.3 Å². The molecule has 2 aromatic heterocycles. The largest absolute Gasteiger partial charge is 0.488 e. The number of nitrogens with one attached hydrogen (secondary N) is 2. The Hall–Kier alpha value is -3.11. The number of nitrogen functional groups attached to an aromatic ring is 1. The monoisotopic (exact) mass is 820 g/mol. The fourth-order valence-electron chi connectivity index (χ4n) is 6.10. The summed E-state index contributed by atoms with van der Waals surface area (Å²) in [5, 5.41) is 55.9. The lowest BCUT2D eigenvalue weighted by molar-refractivity contribution is -0.0977. The summed E-state index contributed by atoms with van der Waals surface area (Å²) < 4.78 is 68.7. The Kier molecular flexibility index (Phi) is 10.6. The molecule has 6 rings (SSSR count). The van der Waals surface area contributed by atoms with E-state index < -0.39 is 96.6 Å². The van der Waals surface area contributed by atoms with E-state index in [0.29, 0.717) is 0 Å². The molecule has 31 heteroatoms. The quantitative estimate of drug-likeness (QED) is 0.0890. The molecule has 2 saturated heterocycles. The number of guanidine groups is 1. The van der Waals surface area contributed by atoms with Gasteiger partial charge in [0.25, 0.3) is 5.56 Å². The van der Waals surface area contributed by atoms with E-state index in [4.69, 9.17) is 25.7 Å². The SMILES string of the molecule is COC1[C@H](C(O)P(=O)(O)OP(=O)(O)OP(=O)(O)OC[C@H]2O[C@@H](n3cnc4c(=O)[nH]c(N)nc43)C(O)[C@H]2O)O[C@H](N2CN(C)C3=C2NC(N)=NC3O)[C@@H]1O. The molecule has 0 bridgehead atoms. The molecule has 4 aliphatic heterocycles. The van der Waals surface area contributed by atoms with Crippen molar-refractivity contribution in [2.45, 2.75) is 61.2 Å². The number of hydrogen-bond donors (Lipinski definition) is 12. The highest BCUT2D eigenvalue weighted by Gasteiger charge is 2.58. The maximum absolute atomic E-state index is 13.1. The van der Waals surface area contributed by atoms with Crippen molar-refractivity contribution in [2.75, 3.05) is 33.2 Å². The Morgan fingerprint density at radius 2 is 1.74 bits per heavy atom. The van der Waals surface area contributed by atoms with Gasteiger partial charge in [0, 0.05) is 14.2 Å². The number of H-pyrrole nitrogens is 1. The Bertz CT molecular complexity index is 2010. The van der Waals surface area contributed by atoms with Crippen LogP contribution < -0.4 is 22.3 Å². The second-order valence-corrected chi connectivity index (χ2v) is 17.0. The molecule has 28 nitrogen and oxygen atoms in total. The van der Waals surface area contributed by atoms with E-state index in [1.165, 1.54) is 9.80 Å². The molecule has 0 radical (unpaired) electrons. The standard InChI is InChI=1S/C22H35N10O18P3/c1-30-5-32(15-8(30)17(37)29-22(24)27-15)19-11(35)12(45-2)13(48-19)20(38)51(39,40)49-53(43,44)50-52(41,42)46-3-6-9(33)10(34)18(47-6)31-4-25-7-14(31)26-21(23)28-16(7)36/h4,6,9-13,17-20,33-35,37-38H,3,5H2,1-2H3,(H,39,40)(H,41,42)(H,43,44)(H3,24,27,29)(H3,23,26,28,36)/t6-,9+,10?,11-,12?,13-,17?,18-,19+,20?/m1/s1. The normalized spacial score (nSPS) is 34.4. The van der Waals surface area contributed by atoms with E-state index in [1.807, 2.05) is 0 Å². The van der Waals surface area contributed by atoms with Gasteiger partial charge in [-0.1, -0.05) is 0 Å². The van der Waals surface area contributed by atoms with Crippen LogP contribution in [-0.2, 0) is 41.1 Å². The molecular weight excluding hydrogens is 785 g/mol. The van der Waals surface area contributed by atoms with Gasteiger partial charge in [-0.25, -0.2) is 23.4 Å². The summed E-state index contributed by atoms with van der Waals surface area (Å²) in [6.07, 6.45) is -13.8. The van der Waals surface area contributed by atoms with Crippen molar-refractivity contribution in [2.24, 2.45) is 10.7 Å². The number of nitrogens with zero attached hydrogens (tertiary/aromatic N) is 6. The second kappa shape index (κ2) is 14.2. The van der Waals surface area contributed by atoms with Gasteiger partial charge in [-0.05, 0) is 0 Å². The number of methoxy groups -OCH3 is 1. The van der Waals surface area contributed by atoms with E-state index >= 15 is 0 Å². The van der Waals surface area contributed by atoms with Crippen LogP contribution in [0.25, 0.3) is 11.2 Å². The highest BCUT2D eigenvalue weighted by Crippen LogP contribution is 2.69. The van der Waals surface area contributed by atoms with Crippen molar-refractivity contribution in [3.63, 3.8) is 0 Å². The smallest absolute Gasteiger partial charge is 0.387 e. The van der Waals surface area contributed by atoms with E-state index in [9.17, 15) is 58.7 Å². The third-order valence-electron chi connectivity index (χ3n) is 8.41. The number of aromatic nitrogens is 4. The lowest BCUT2D eigenvalue weighted by Gasteiger charge is -2.31. The van der Waals surface area contributed by atoms with Crippen LogP contribution in [0, 0.1) is 0 Å². The van der Waals surface area contributed by atoms with Gasteiger partial charge in [-0.15, -0.1) is 0 Å². The summed E-state index contributed by atoms with van der Waals surface area (Å²) in [4.78, 5) is 59.5. The van der Waals surface area contributed by atoms with Crippen LogP contribution in [0.15, 0.2) is 27.6 Å². The van der Waals surface area contributed by atoms with Crippen molar-refractivity contribution in [1.82, 2.24) is 34.6 Å². The van der Waals surface area contributed by atoms with Crippen LogP contribution in [0.4, 0.5) is 5.95 Å². The first-order chi connectivity index (χ1) is 24.6. The Labute approximate surface area is 295 Å². The van der Waals surface area contributed by atoms with Crippen LogP contribution in [0.2, 0.25) is 0 Å². The first-order valence-corrected chi connectivity index (χ1v) is 19.6. The molecule has 0 aliphatic carbocycles. The molecule has 53 heavy (non-hydrogen) atoms. The van der Waals surface area contributed by atoms with E-state index in [-0.39, 0.29) is 41.3 Å². The molecule has 14 N–H and O–H groups in total. The number of phosphoric acid groups is 2. The van der Waals surface area contributed by atoms with Gasteiger partial charge in [0.1, 0.15) is 48.1 Å². The molecule has 296 valence electrons. The summed E-state index contributed by atoms with van der Waals surface area (Å²) in [7, 11) is -15.1. The molecule has 2 fully saturated rings. The molecule has 13 atom stereocenters. The predicted molar refractivity (Wildman–Crippen MR) is 170 cm³/mol. The van der Waals surface area contributed by atoms with Gasteiger partial charge in [0.05, 0.1) is 19.6 Å². The predicted octanol–water partition coefficient (Wildman–Crippen LogP) is -5.21. The number of aliphatic imine (C=N–C) groups is 1. The highest BCUT2D eigenvalue weighted by molar-refractivity contribution is 7.68. The van der Waals surface area contributed by atoms with Gasteiger partial charge in [-0.2, -0.15) is 9.29 Å². The minimum absolute atomic E-state index is 0.0618. The Morgan fingerprint density at radius 3 is 2.42 bits per heavy atom. The number of rotatable bonds is 12. The zero-order valence-corrected chi connectivity index (χ0v) is 29.8. The molecule has 0 aromatic carbocycles. The van der Waals surface area contributed by atoms with Crippen LogP contribution in [0.3, 0.4) is 0 Å². The Morgan fingerprint density at radius 1 is 1.04 bits per heavy atom. The number of phosphoric ester groups is 1. The number of aromatic amines is 1. The fourth-order valence-corrected chi connectivity index (χ4v) is 10.2. The van der Waals surface area contributed by atoms with Crippen LogP contribution in [0.1, 0.15) is 6.23 Å². The number of fused-ring (bicyclic) bond motifs is 1. The zero-order valence-electron chi connectivity index (χ0n) is 27.1. The van der Waals surface area contributed by atoms with Crippen LogP contribution >= 0.6 is 23.2 Å². The Balaban J connectivity index is 1.09. The average molecular weight is 820 g/mol. The van der Waals surface area contributed by atoms with Gasteiger partial charge in [0.2, 0.25) is 5.95 Å². The molecule has 0 amide bonds. The summed E-state index contributed by atoms with van der Waals surface area (Å²) in [6.45, 7) is -1.17. The third-order valence-corrected chi connectivity index (χ3v) is 13.3. The minimum Gasteiger partial charge on any atom is -0.387 e. The number of nitrogens with two attached hydrogens (primary N) is 2. The van der Waals surface area contributed by atoms with E-state index in [1.54, 1.807) is 7.05 Å². The average Bonchev–Trinajstić information content (AvgIpc) is 3.77. The summed E-state index contributed by atoms with van der Waals surface area (Å²) in [6, 6.07) is 0. The van der Waals surface area contributed by atoms with Gasteiger partial charge < -0.3 is 81.0 Å².